The van der Waals surface area contributed by atoms with Crippen LogP contribution in [-0.2, 0) is 11.2 Å². The highest BCUT2D eigenvalue weighted by atomic mass is 32.2. The van der Waals surface area contributed by atoms with Crippen molar-refractivity contribution >= 4 is 23.4 Å². The zero-order valence-corrected chi connectivity index (χ0v) is 11.2. The molecule has 0 aliphatic rings. The van der Waals surface area contributed by atoms with Gasteiger partial charge >= 0.3 is 0 Å². The van der Waals surface area contributed by atoms with Crippen molar-refractivity contribution in [3.63, 3.8) is 0 Å². The molecule has 0 radical (unpaired) electrons. The third-order valence-corrected chi connectivity index (χ3v) is 3.46. The van der Waals surface area contributed by atoms with E-state index in [1.807, 2.05) is 25.1 Å². The van der Waals surface area contributed by atoms with Gasteiger partial charge in [-0.05, 0) is 31.0 Å². The smallest absolute Gasteiger partial charge is 0.234 e. The first-order valence-corrected chi connectivity index (χ1v) is 6.99. The molecule has 0 aromatic heterocycles. The first-order chi connectivity index (χ1) is 8.11. The second-order valence-corrected chi connectivity index (χ2v) is 5.12. The first kappa shape index (κ1) is 14.1. The molecule has 1 aromatic rings. The Morgan fingerprint density at radius 1 is 1.53 bits per heavy atom. The molecule has 0 spiro atoms. The number of anilines is 1. The van der Waals surface area contributed by atoms with Gasteiger partial charge in [0.15, 0.2) is 0 Å². The molecule has 1 atom stereocenters. The number of rotatable bonds is 6. The lowest BCUT2D eigenvalue weighted by Crippen LogP contribution is -2.20. The predicted molar refractivity (Wildman–Crippen MR) is 75.4 cm³/mol. The molecule has 3 N–H and O–H groups in total. The van der Waals surface area contributed by atoms with Crippen molar-refractivity contribution in [2.75, 3.05) is 16.8 Å². The van der Waals surface area contributed by atoms with Gasteiger partial charge in [-0.15, -0.1) is 0 Å². The van der Waals surface area contributed by atoms with Crippen molar-refractivity contribution < 1.29 is 4.79 Å². The Kier molecular flexibility index (Phi) is 6.08. The molecule has 0 aliphatic carbocycles. The van der Waals surface area contributed by atoms with Crippen LogP contribution < -0.4 is 11.1 Å². The average Bonchev–Trinajstić information content (AvgIpc) is 2.28. The maximum Gasteiger partial charge on any atom is 0.234 e. The van der Waals surface area contributed by atoms with Crippen LogP contribution in [0.3, 0.4) is 0 Å². The number of carbonyl (C=O) groups excluding carboxylic acids is 1. The fraction of sp³-hybridized carbons (Fsp3) is 0.462. The van der Waals surface area contributed by atoms with E-state index in [2.05, 4.69) is 18.3 Å². The molecule has 4 heteroatoms. The summed E-state index contributed by atoms with van der Waals surface area (Å²) < 4.78 is 0. The Labute approximate surface area is 107 Å². The molecule has 0 saturated carbocycles. The molecular formula is C13H20N2OS. The van der Waals surface area contributed by atoms with Crippen LogP contribution in [0, 0.1) is 0 Å². The molecule has 17 heavy (non-hydrogen) atoms. The lowest BCUT2D eigenvalue weighted by atomic mass is 10.1. The summed E-state index contributed by atoms with van der Waals surface area (Å²) in [4.78, 5) is 11.6. The minimum atomic E-state index is 0.0314. The standard InChI is InChI=1S/C13H20N2OS/c1-3-11-5-4-6-12(7-11)15-13(16)9-17-8-10(2)14/h4-7,10H,3,8-9,14H2,1-2H3,(H,15,16). The number of nitrogens with one attached hydrogen (secondary N) is 1. The molecule has 3 nitrogen and oxygen atoms in total. The van der Waals surface area contributed by atoms with E-state index in [0.29, 0.717) is 5.75 Å². The molecule has 1 aromatic carbocycles. The first-order valence-electron chi connectivity index (χ1n) is 5.84. The molecule has 0 saturated heterocycles. The SMILES string of the molecule is CCc1cccc(NC(=O)CSCC(C)N)c1. The molecule has 0 fully saturated rings. The lowest BCUT2D eigenvalue weighted by molar-refractivity contribution is -0.113. The van der Waals surface area contributed by atoms with Crippen molar-refractivity contribution in [1.29, 1.82) is 0 Å². The monoisotopic (exact) mass is 252 g/mol. The Hall–Kier alpha value is -1.00. The average molecular weight is 252 g/mol. The third-order valence-electron chi connectivity index (χ3n) is 2.23. The van der Waals surface area contributed by atoms with Gasteiger partial charge < -0.3 is 11.1 Å². The minimum Gasteiger partial charge on any atom is -0.327 e. The van der Waals surface area contributed by atoms with Crippen LogP contribution in [0.2, 0.25) is 0 Å². The summed E-state index contributed by atoms with van der Waals surface area (Å²) in [6.45, 7) is 4.04. The maximum absolute atomic E-state index is 11.6. The zero-order chi connectivity index (χ0) is 12.7. The molecule has 94 valence electrons. The van der Waals surface area contributed by atoms with Gasteiger partial charge in [0.2, 0.25) is 5.91 Å². The summed E-state index contributed by atoms with van der Waals surface area (Å²) in [6, 6.07) is 8.07. The largest absolute Gasteiger partial charge is 0.327 e. The van der Waals surface area contributed by atoms with Crippen molar-refractivity contribution in [3.05, 3.63) is 29.8 Å². The summed E-state index contributed by atoms with van der Waals surface area (Å²) >= 11 is 1.56. The van der Waals surface area contributed by atoms with Crippen LogP contribution in [0.4, 0.5) is 5.69 Å². The highest BCUT2D eigenvalue weighted by molar-refractivity contribution is 8.00. The van der Waals surface area contributed by atoms with Crippen LogP contribution in [0.1, 0.15) is 19.4 Å². The summed E-state index contributed by atoms with van der Waals surface area (Å²) in [5.74, 6) is 1.30. The molecule has 1 unspecified atom stereocenters. The van der Waals surface area contributed by atoms with E-state index in [1.165, 1.54) is 5.56 Å². The van der Waals surface area contributed by atoms with Crippen molar-refractivity contribution in [1.82, 2.24) is 0 Å². The van der Waals surface area contributed by atoms with Crippen molar-refractivity contribution in [2.45, 2.75) is 26.3 Å². The topological polar surface area (TPSA) is 55.1 Å². The highest BCUT2D eigenvalue weighted by Crippen LogP contribution is 2.12. The molecule has 0 bridgehead atoms. The van der Waals surface area contributed by atoms with Crippen LogP contribution >= 0.6 is 11.8 Å². The van der Waals surface area contributed by atoms with E-state index in [-0.39, 0.29) is 11.9 Å². The number of carbonyl (C=O) groups is 1. The highest BCUT2D eigenvalue weighted by Gasteiger charge is 2.03. The summed E-state index contributed by atoms with van der Waals surface area (Å²) in [6.07, 6.45) is 0.975. The maximum atomic E-state index is 11.6. The summed E-state index contributed by atoms with van der Waals surface area (Å²) in [5.41, 5.74) is 7.72. The predicted octanol–water partition coefficient (Wildman–Crippen LogP) is 2.27. The second kappa shape index (κ2) is 7.35. The van der Waals surface area contributed by atoms with E-state index in [9.17, 15) is 4.79 Å². The normalized spacial score (nSPS) is 12.2. The number of benzene rings is 1. The number of thioether (sulfide) groups is 1. The van der Waals surface area contributed by atoms with Gasteiger partial charge in [0.05, 0.1) is 5.75 Å². The molecular weight excluding hydrogens is 232 g/mol. The van der Waals surface area contributed by atoms with Crippen molar-refractivity contribution in [3.8, 4) is 0 Å². The fourth-order valence-corrected chi connectivity index (χ4v) is 2.15. The van der Waals surface area contributed by atoms with E-state index >= 15 is 0 Å². The fourth-order valence-electron chi connectivity index (χ4n) is 1.40. The van der Waals surface area contributed by atoms with Gasteiger partial charge in [0.25, 0.3) is 0 Å². The Bertz CT molecular complexity index is 366. The van der Waals surface area contributed by atoms with Gasteiger partial charge in [-0.25, -0.2) is 0 Å². The Morgan fingerprint density at radius 3 is 2.94 bits per heavy atom. The number of hydrogen-bond acceptors (Lipinski definition) is 3. The second-order valence-electron chi connectivity index (χ2n) is 4.09. The van der Waals surface area contributed by atoms with Gasteiger partial charge in [0.1, 0.15) is 0 Å². The quantitative estimate of drug-likeness (QED) is 0.816. The summed E-state index contributed by atoms with van der Waals surface area (Å²) in [7, 11) is 0. The number of hydrogen-bond donors (Lipinski definition) is 2. The van der Waals surface area contributed by atoms with Crippen LogP contribution in [-0.4, -0.2) is 23.5 Å². The van der Waals surface area contributed by atoms with Gasteiger partial charge in [-0.2, -0.15) is 11.8 Å². The molecule has 1 rings (SSSR count). The van der Waals surface area contributed by atoms with Crippen LogP contribution in [0.5, 0.6) is 0 Å². The minimum absolute atomic E-state index is 0.0314. The molecule has 0 heterocycles. The number of nitrogens with two attached hydrogens (primary N) is 1. The van der Waals surface area contributed by atoms with Gasteiger partial charge in [0, 0.05) is 17.5 Å². The van der Waals surface area contributed by atoms with Gasteiger partial charge in [-0.1, -0.05) is 19.1 Å². The Balaban J connectivity index is 2.39. The lowest BCUT2D eigenvalue weighted by Gasteiger charge is -2.07. The van der Waals surface area contributed by atoms with Crippen LogP contribution in [0.15, 0.2) is 24.3 Å². The van der Waals surface area contributed by atoms with E-state index in [0.717, 1.165) is 17.9 Å². The van der Waals surface area contributed by atoms with Crippen molar-refractivity contribution in [2.24, 2.45) is 5.73 Å². The number of amides is 1. The Morgan fingerprint density at radius 2 is 2.29 bits per heavy atom. The zero-order valence-electron chi connectivity index (χ0n) is 10.4. The van der Waals surface area contributed by atoms with E-state index in [4.69, 9.17) is 5.73 Å². The van der Waals surface area contributed by atoms with Crippen LogP contribution in [0.25, 0.3) is 0 Å². The van der Waals surface area contributed by atoms with Gasteiger partial charge in [-0.3, -0.25) is 4.79 Å². The number of aryl methyl sites for hydroxylation is 1. The third kappa shape index (κ3) is 5.75. The van der Waals surface area contributed by atoms with E-state index in [1.54, 1.807) is 11.8 Å². The van der Waals surface area contributed by atoms with E-state index < -0.39 is 0 Å². The summed E-state index contributed by atoms with van der Waals surface area (Å²) in [5, 5.41) is 2.89. The molecule has 1 amide bonds. The molecule has 0 aliphatic heterocycles.